The van der Waals surface area contributed by atoms with Gasteiger partial charge < -0.3 is 4.74 Å². The second-order valence-electron chi connectivity index (χ2n) is 9.02. The van der Waals surface area contributed by atoms with Gasteiger partial charge in [-0.3, -0.25) is 0 Å². The van der Waals surface area contributed by atoms with Gasteiger partial charge in [-0.25, -0.2) is 0 Å². The van der Waals surface area contributed by atoms with Crippen molar-refractivity contribution >= 4 is 0 Å². The van der Waals surface area contributed by atoms with Crippen molar-refractivity contribution in [2.24, 2.45) is 0 Å². The molecule has 2 aromatic carbocycles. The average Bonchev–Trinajstić information content (AvgIpc) is 2.87. The molecule has 1 heteroatoms. The summed E-state index contributed by atoms with van der Waals surface area (Å²) in [5.74, 6) is 0. The highest BCUT2D eigenvalue weighted by atomic mass is 16.5. The summed E-state index contributed by atoms with van der Waals surface area (Å²) < 4.78 is 6.85. The number of rotatable bonds is 18. The molecular weight excluding hydrogens is 400 g/mol. The fourth-order valence-corrected chi connectivity index (χ4v) is 4.15. The summed E-state index contributed by atoms with van der Waals surface area (Å²) in [6.07, 6.45) is 24.0. The molecule has 1 nitrogen and oxygen atoms in total. The first-order valence-corrected chi connectivity index (χ1v) is 13.4. The van der Waals surface area contributed by atoms with Crippen LogP contribution in [-0.4, -0.2) is 0 Å². The molecule has 2 unspecified atom stereocenters. The maximum Gasteiger partial charge on any atom is 0.0836 e. The molecule has 0 heterocycles. The first-order valence-electron chi connectivity index (χ1n) is 13.4. The Morgan fingerprint density at radius 3 is 1.33 bits per heavy atom. The predicted octanol–water partition coefficient (Wildman–Crippen LogP) is 10.3. The van der Waals surface area contributed by atoms with Crippen molar-refractivity contribution in [1.82, 2.24) is 0 Å². The number of hydrogen-bond acceptors (Lipinski definition) is 1. The van der Waals surface area contributed by atoms with E-state index in [1.165, 1.54) is 62.5 Å². The summed E-state index contributed by atoms with van der Waals surface area (Å²) in [5.41, 5.74) is 2.57. The molecule has 0 aliphatic rings. The van der Waals surface area contributed by atoms with Gasteiger partial charge in [-0.05, 0) is 62.5 Å². The van der Waals surface area contributed by atoms with Crippen molar-refractivity contribution in [3.8, 4) is 0 Å². The predicted molar refractivity (Wildman–Crippen MR) is 144 cm³/mol. The van der Waals surface area contributed by atoms with Crippen molar-refractivity contribution in [2.45, 2.75) is 103 Å². The zero-order valence-corrected chi connectivity index (χ0v) is 21.1. The minimum absolute atomic E-state index is 0.116. The quantitative estimate of drug-likeness (QED) is 0.163. The fourth-order valence-electron chi connectivity index (χ4n) is 4.15. The number of hydrogen-bond donors (Lipinski definition) is 0. The lowest BCUT2D eigenvalue weighted by Crippen LogP contribution is -2.11. The first-order chi connectivity index (χ1) is 16.3. The van der Waals surface area contributed by atoms with Crippen LogP contribution in [0.4, 0.5) is 0 Å². The normalized spacial score (nSPS) is 13.6. The van der Waals surface area contributed by atoms with Crippen LogP contribution in [-0.2, 0) is 4.74 Å². The van der Waals surface area contributed by atoms with E-state index in [4.69, 9.17) is 4.74 Å². The van der Waals surface area contributed by atoms with Crippen molar-refractivity contribution < 1.29 is 4.74 Å². The number of allylic oxidation sites excluding steroid dienone is 4. The molecule has 2 rings (SSSR count). The van der Waals surface area contributed by atoms with Crippen LogP contribution < -0.4 is 0 Å². The van der Waals surface area contributed by atoms with Crippen LogP contribution in [0.5, 0.6) is 0 Å². The Hall–Kier alpha value is -2.12. The summed E-state index contributed by atoms with van der Waals surface area (Å²) in [7, 11) is 0. The molecule has 0 bridgehead atoms. The Balaban J connectivity index is 2.00. The number of ether oxygens (including phenoxy) is 1. The zero-order valence-electron chi connectivity index (χ0n) is 21.1. The molecule has 0 saturated heterocycles. The molecule has 0 saturated carbocycles. The van der Waals surface area contributed by atoms with E-state index in [-0.39, 0.29) is 12.2 Å². The molecule has 0 spiro atoms. The Morgan fingerprint density at radius 1 is 0.545 bits per heavy atom. The van der Waals surface area contributed by atoms with Gasteiger partial charge in [0, 0.05) is 0 Å². The van der Waals surface area contributed by atoms with Crippen molar-refractivity contribution in [3.63, 3.8) is 0 Å². The van der Waals surface area contributed by atoms with Crippen LogP contribution >= 0.6 is 0 Å². The topological polar surface area (TPSA) is 9.23 Å². The molecule has 2 atom stereocenters. The lowest BCUT2D eigenvalue weighted by molar-refractivity contribution is -0.0231. The summed E-state index contributed by atoms with van der Waals surface area (Å²) >= 11 is 0. The smallest absolute Gasteiger partial charge is 0.0836 e. The van der Waals surface area contributed by atoms with Gasteiger partial charge in [0.15, 0.2) is 0 Å². The van der Waals surface area contributed by atoms with E-state index >= 15 is 0 Å². The van der Waals surface area contributed by atoms with Gasteiger partial charge >= 0.3 is 0 Å². The molecule has 0 amide bonds. The summed E-state index contributed by atoms with van der Waals surface area (Å²) in [6, 6.07) is 21.5. The van der Waals surface area contributed by atoms with Gasteiger partial charge in [0.25, 0.3) is 0 Å². The van der Waals surface area contributed by atoms with E-state index in [0.29, 0.717) is 0 Å². The van der Waals surface area contributed by atoms with Crippen LogP contribution in [0.3, 0.4) is 0 Å². The van der Waals surface area contributed by atoms with E-state index in [2.05, 4.69) is 98.8 Å². The molecule has 33 heavy (non-hydrogen) atoms. The Bertz CT molecular complexity index is 681. The van der Waals surface area contributed by atoms with E-state index in [1.807, 2.05) is 0 Å². The Morgan fingerprint density at radius 2 is 0.939 bits per heavy atom. The molecule has 0 aliphatic carbocycles. The van der Waals surface area contributed by atoms with Crippen LogP contribution in [0.1, 0.15) is 114 Å². The summed E-state index contributed by atoms with van der Waals surface area (Å²) in [5, 5.41) is 0. The third kappa shape index (κ3) is 12.1. The van der Waals surface area contributed by atoms with E-state index in [1.54, 1.807) is 0 Å². The van der Waals surface area contributed by atoms with Gasteiger partial charge in [0.05, 0.1) is 12.2 Å². The average molecular weight is 447 g/mol. The molecule has 180 valence electrons. The SMILES string of the molecule is CCCCCC=CCCC(OC(CCC=CCCCCC)c1ccccc1)c1ccccc1. The monoisotopic (exact) mass is 446 g/mol. The van der Waals surface area contributed by atoms with Crippen molar-refractivity contribution in [3.05, 3.63) is 96.1 Å². The molecule has 0 radical (unpaired) electrons. The standard InChI is InChI=1S/C32H46O/c1-3-5-7-9-11-13-21-27-31(29-23-17-15-18-24-29)33-32(30-25-19-16-20-26-30)28-22-14-12-10-8-6-4-2/h11-20,23-26,31-32H,3-10,21-22,27-28H2,1-2H3. The lowest BCUT2D eigenvalue weighted by atomic mass is 10.0. The van der Waals surface area contributed by atoms with E-state index < -0.39 is 0 Å². The van der Waals surface area contributed by atoms with Gasteiger partial charge in [-0.15, -0.1) is 0 Å². The molecule has 0 fully saturated rings. The molecule has 0 aliphatic heterocycles. The van der Waals surface area contributed by atoms with Crippen LogP contribution in [0, 0.1) is 0 Å². The summed E-state index contributed by atoms with van der Waals surface area (Å²) in [4.78, 5) is 0. The Labute approximate surface area is 204 Å². The highest BCUT2D eigenvalue weighted by Crippen LogP contribution is 2.33. The minimum Gasteiger partial charge on any atom is -0.366 e. The van der Waals surface area contributed by atoms with Gasteiger partial charge in [-0.2, -0.15) is 0 Å². The van der Waals surface area contributed by atoms with Gasteiger partial charge in [0.2, 0.25) is 0 Å². The largest absolute Gasteiger partial charge is 0.366 e. The van der Waals surface area contributed by atoms with Gasteiger partial charge in [-0.1, -0.05) is 124 Å². The second-order valence-corrected chi connectivity index (χ2v) is 9.02. The molecule has 0 aromatic heterocycles. The maximum absolute atomic E-state index is 6.85. The lowest BCUT2D eigenvalue weighted by Gasteiger charge is -2.25. The summed E-state index contributed by atoms with van der Waals surface area (Å²) in [6.45, 7) is 4.52. The number of benzene rings is 2. The van der Waals surface area contributed by atoms with Crippen LogP contribution in [0.25, 0.3) is 0 Å². The zero-order chi connectivity index (χ0) is 23.4. The number of unbranched alkanes of at least 4 members (excludes halogenated alkanes) is 6. The third-order valence-electron chi connectivity index (χ3n) is 6.14. The molecule has 2 aromatic rings. The molecular formula is C32H46O. The van der Waals surface area contributed by atoms with Crippen molar-refractivity contribution in [2.75, 3.05) is 0 Å². The third-order valence-corrected chi connectivity index (χ3v) is 6.14. The molecule has 0 N–H and O–H groups in total. The van der Waals surface area contributed by atoms with Gasteiger partial charge in [0.1, 0.15) is 0 Å². The van der Waals surface area contributed by atoms with Crippen LogP contribution in [0.2, 0.25) is 0 Å². The first kappa shape index (κ1) is 27.1. The minimum atomic E-state index is 0.116. The second kappa shape index (κ2) is 18.3. The van der Waals surface area contributed by atoms with E-state index in [0.717, 1.165) is 25.7 Å². The Kier molecular flexibility index (Phi) is 15.1. The van der Waals surface area contributed by atoms with E-state index in [9.17, 15) is 0 Å². The van der Waals surface area contributed by atoms with Crippen molar-refractivity contribution in [1.29, 1.82) is 0 Å². The fraction of sp³-hybridized carbons (Fsp3) is 0.500. The highest BCUT2D eigenvalue weighted by molar-refractivity contribution is 5.20. The van der Waals surface area contributed by atoms with Crippen LogP contribution in [0.15, 0.2) is 85.0 Å². The highest BCUT2D eigenvalue weighted by Gasteiger charge is 2.19. The maximum atomic E-state index is 6.85.